The number of nitrogens with one attached hydrogen (secondary N) is 1. The Morgan fingerprint density at radius 3 is 2.72 bits per heavy atom. The lowest BCUT2D eigenvalue weighted by molar-refractivity contribution is 0.0697. The molecule has 0 saturated heterocycles. The van der Waals surface area contributed by atoms with Gasteiger partial charge in [0.2, 0.25) is 0 Å². The highest BCUT2D eigenvalue weighted by Gasteiger charge is 2.21. The van der Waals surface area contributed by atoms with E-state index in [2.05, 4.69) is 17.4 Å². The van der Waals surface area contributed by atoms with Gasteiger partial charge in [0.25, 0.3) is 0 Å². The van der Waals surface area contributed by atoms with Gasteiger partial charge in [-0.3, -0.25) is 0 Å². The van der Waals surface area contributed by atoms with Crippen LogP contribution in [-0.2, 0) is 12.8 Å². The summed E-state index contributed by atoms with van der Waals surface area (Å²) in [6.45, 7) is 0. The summed E-state index contributed by atoms with van der Waals surface area (Å²) in [5.74, 6) is -0.0578. The van der Waals surface area contributed by atoms with Crippen molar-refractivity contribution in [2.75, 3.05) is 12.4 Å². The van der Waals surface area contributed by atoms with Crippen molar-refractivity contribution in [2.24, 2.45) is 0 Å². The van der Waals surface area contributed by atoms with Gasteiger partial charge >= 0.3 is 5.97 Å². The highest BCUT2D eigenvalue weighted by molar-refractivity contribution is 7.16. The van der Waals surface area contributed by atoms with Crippen molar-refractivity contribution in [3.05, 3.63) is 58.5 Å². The first-order chi connectivity index (χ1) is 12.1. The van der Waals surface area contributed by atoms with E-state index in [1.165, 1.54) is 10.4 Å². The SMILES string of the molecule is COc1ccc2c(c1)CCc1sc(Nc3ccc(C(=O)O)cc3)nc1-2. The van der Waals surface area contributed by atoms with E-state index in [-0.39, 0.29) is 5.56 Å². The number of anilines is 2. The van der Waals surface area contributed by atoms with E-state index < -0.39 is 5.97 Å². The summed E-state index contributed by atoms with van der Waals surface area (Å²) in [7, 11) is 1.68. The number of hydrogen-bond donors (Lipinski definition) is 2. The van der Waals surface area contributed by atoms with Crippen LogP contribution in [0.15, 0.2) is 42.5 Å². The van der Waals surface area contributed by atoms with E-state index in [1.54, 1.807) is 42.7 Å². The summed E-state index contributed by atoms with van der Waals surface area (Å²) < 4.78 is 5.31. The third kappa shape index (κ3) is 2.96. The molecule has 2 N–H and O–H groups in total. The Morgan fingerprint density at radius 1 is 1.20 bits per heavy atom. The first kappa shape index (κ1) is 15.7. The van der Waals surface area contributed by atoms with Crippen LogP contribution in [0.3, 0.4) is 0 Å². The van der Waals surface area contributed by atoms with Crippen LogP contribution in [0.25, 0.3) is 11.3 Å². The number of carboxylic acids is 1. The normalized spacial score (nSPS) is 12.2. The number of fused-ring (bicyclic) bond motifs is 3. The van der Waals surface area contributed by atoms with Crippen molar-refractivity contribution in [2.45, 2.75) is 12.8 Å². The van der Waals surface area contributed by atoms with Crippen molar-refractivity contribution in [3.8, 4) is 17.0 Å². The van der Waals surface area contributed by atoms with Gasteiger partial charge in [-0.15, -0.1) is 11.3 Å². The summed E-state index contributed by atoms with van der Waals surface area (Å²) in [5.41, 5.74) is 4.54. The second kappa shape index (κ2) is 6.22. The Morgan fingerprint density at radius 2 is 2.00 bits per heavy atom. The van der Waals surface area contributed by atoms with Crippen molar-refractivity contribution in [3.63, 3.8) is 0 Å². The van der Waals surface area contributed by atoms with Crippen LogP contribution in [0.4, 0.5) is 10.8 Å². The lowest BCUT2D eigenvalue weighted by Crippen LogP contribution is -2.02. The summed E-state index contributed by atoms with van der Waals surface area (Å²) >= 11 is 1.64. The van der Waals surface area contributed by atoms with Gasteiger partial charge < -0.3 is 15.2 Å². The molecule has 0 bridgehead atoms. The third-order valence-corrected chi connectivity index (χ3v) is 5.30. The quantitative estimate of drug-likeness (QED) is 0.730. The molecule has 1 aliphatic carbocycles. The van der Waals surface area contributed by atoms with Crippen molar-refractivity contribution in [1.29, 1.82) is 0 Å². The molecule has 4 rings (SSSR count). The highest BCUT2D eigenvalue weighted by Crippen LogP contribution is 2.40. The lowest BCUT2D eigenvalue weighted by atomic mass is 9.93. The number of carbonyl (C=O) groups is 1. The molecular formula is C19H16N2O3S. The number of hydrogen-bond acceptors (Lipinski definition) is 5. The summed E-state index contributed by atoms with van der Waals surface area (Å²) in [4.78, 5) is 16.9. The highest BCUT2D eigenvalue weighted by atomic mass is 32.1. The van der Waals surface area contributed by atoms with Crippen LogP contribution in [0.1, 0.15) is 20.8 Å². The number of thiazole rings is 1. The largest absolute Gasteiger partial charge is 0.497 e. The minimum Gasteiger partial charge on any atom is -0.497 e. The molecule has 6 heteroatoms. The first-order valence-corrected chi connectivity index (χ1v) is 8.73. The molecular weight excluding hydrogens is 336 g/mol. The number of aromatic carboxylic acids is 1. The minimum atomic E-state index is -0.928. The molecule has 5 nitrogen and oxygen atoms in total. The summed E-state index contributed by atoms with van der Waals surface area (Å²) in [5, 5.41) is 13.1. The third-order valence-electron chi connectivity index (χ3n) is 4.27. The smallest absolute Gasteiger partial charge is 0.335 e. The predicted octanol–water partition coefficient (Wildman–Crippen LogP) is 4.36. The molecule has 0 spiro atoms. The molecule has 3 aromatic rings. The van der Waals surface area contributed by atoms with Crippen LogP contribution in [0.5, 0.6) is 5.75 Å². The number of rotatable bonds is 4. The fourth-order valence-electron chi connectivity index (χ4n) is 2.99. The fraction of sp³-hybridized carbons (Fsp3) is 0.158. The Bertz CT molecular complexity index is 948. The number of benzene rings is 2. The second-order valence-corrected chi connectivity index (χ2v) is 6.91. The number of aryl methyl sites for hydroxylation is 2. The molecule has 25 heavy (non-hydrogen) atoms. The van der Waals surface area contributed by atoms with Crippen LogP contribution >= 0.6 is 11.3 Å². The number of nitrogens with zero attached hydrogens (tertiary/aromatic N) is 1. The molecule has 1 heterocycles. The van der Waals surface area contributed by atoms with Crippen molar-refractivity contribution < 1.29 is 14.6 Å². The molecule has 1 aromatic heterocycles. The average molecular weight is 352 g/mol. The van der Waals surface area contributed by atoms with Gasteiger partial charge in [-0.1, -0.05) is 0 Å². The molecule has 0 amide bonds. The summed E-state index contributed by atoms with van der Waals surface area (Å²) in [6.07, 6.45) is 1.95. The number of carboxylic acid groups (broad SMARTS) is 1. The molecule has 1 aliphatic rings. The van der Waals surface area contributed by atoms with Gasteiger partial charge in [-0.25, -0.2) is 9.78 Å². The van der Waals surface area contributed by atoms with Crippen LogP contribution in [-0.4, -0.2) is 23.2 Å². The first-order valence-electron chi connectivity index (χ1n) is 7.91. The topological polar surface area (TPSA) is 71.5 Å². The molecule has 0 radical (unpaired) electrons. The van der Waals surface area contributed by atoms with E-state index in [4.69, 9.17) is 14.8 Å². The van der Waals surface area contributed by atoms with Crippen molar-refractivity contribution >= 4 is 28.1 Å². The monoisotopic (exact) mass is 352 g/mol. The molecule has 2 aromatic carbocycles. The van der Waals surface area contributed by atoms with E-state index in [0.29, 0.717) is 0 Å². The maximum atomic E-state index is 10.9. The molecule has 0 fully saturated rings. The number of ether oxygens (including phenoxy) is 1. The maximum absolute atomic E-state index is 10.9. The fourth-order valence-corrected chi connectivity index (χ4v) is 3.98. The van der Waals surface area contributed by atoms with E-state index in [0.717, 1.165) is 40.7 Å². The maximum Gasteiger partial charge on any atom is 0.335 e. The van der Waals surface area contributed by atoms with E-state index in [9.17, 15) is 4.79 Å². The van der Waals surface area contributed by atoms with Gasteiger partial charge in [-0.2, -0.15) is 0 Å². The lowest BCUT2D eigenvalue weighted by Gasteiger charge is -2.15. The Labute approximate surface area is 148 Å². The average Bonchev–Trinajstić information content (AvgIpc) is 3.04. The van der Waals surface area contributed by atoms with Crippen LogP contribution < -0.4 is 10.1 Å². The molecule has 0 aliphatic heterocycles. The molecule has 0 unspecified atom stereocenters. The van der Waals surface area contributed by atoms with Gasteiger partial charge in [0.15, 0.2) is 5.13 Å². The van der Waals surface area contributed by atoms with Crippen LogP contribution in [0, 0.1) is 0 Å². The molecule has 0 atom stereocenters. The van der Waals surface area contributed by atoms with Gasteiger partial charge in [-0.05, 0) is 60.9 Å². The van der Waals surface area contributed by atoms with Crippen molar-refractivity contribution in [1.82, 2.24) is 4.98 Å². The Kier molecular flexibility index (Phi) is 3.89. The predicted molar refractivity (Wildman–Crippen MR) is 98.2 cm³/mol. The van der Waals surface area contributed by atoms with E-state index >= 15 is 0 Å². The number of methoxy groups -OCH3 is 1. The molecule has 126 valence electrons. The van der Waals surface area contributed by atoms with Gasteiger partial charge in [0.1, 0.15) is 5.75 Å². The standard InChI is InChI=1S/C19H16N2O3S/c1-24-14-7-8-15-12(10-14)4-9-16-17(15)21-19(25-16)20-13-5-2-11(3-6-13)18(22)23/h2-3,5-8,10H,4,9H2,1H3,(H,20,21)(H,22,23). The minimum absolute atomic E-state index is 0.270. The zero-order chi connectivity index (χ0) is 17.4. The second-order valence-electron chi connectivity index (χ2n) is 5.82. The zero-order valence-electron chi connectivity index (χ0n) is 13.6. The molecule has 0 saturated carbocycles. The summed E-state index contributed by atoms with van der Waals surface area (Å²) in [6, 6.07) is 12.8. The van der Waals surface area contributed by atoms with Crippen LogP contribution in [0.2, 0.25) is 0 Å². The van der Waals surface area contributed by atoms with Gasteiger partial charge in [0, 0.05) is 16.1 Å². The Balaban J connectivity index is 1.62. The van der Waals surface area contributed by atoms with Gasteiger partial charge in [0.05, 0.1) is 18.4 Å². The number of aromatic nitrogens is 1. The van der Waals surface area contributed by atoms with E-state index in [1.807, 2.05) is 6.07 Å². The zero-order valence-corrected chi connectivity index (χ0v) is 14.4. The Hall–Kier alpha value is -2.86.